The lowest BCUT2D eigenvalue weighted by Crippen LogP contribution is -2.42. The van der Waals surface area contributed by atoms with Crippen molar-refractivity contribution in [3.8, 4) is 0 Å². The molecule has 1 unspecified atom stereocenters. The summed E-state index contributed by atoms with van der Waals surface area (Å²) in [5, 5.41) is 7.52. The van der Waals surface area contributed by atoms with Crippen LogP contribution in [0, 0.1) is 10.8 Å². The number of likely N-dealkylation sites (tertiary alicyclic amines) is 1. The number of nitrogens with one attached hydrogen (secondary N) is 1. The Balaban J connectivity index is 2.35. The summed E-state index contributed by atoms with van der Waals surface area (Å²) in [6.45, 7) is 7.24. The number of methoxy groups -OCH3 is 1. The van der Waals surface area contributed by atoms with Crippen molar-refractivity contribution in [3.05, 3.63) is 0 Å². The number of nitrogens with two attached hydrogens (primary N) is 1. The van der Waals surface area contributed by atoms with Gasteiger partial charge in [0.1, 0.15) is 0 Å². The van der Waals surface area contributed by atoms with E-state index >= 15 is 0 Å². The second-order valence-corrected chi connectivity index (χ2v) is 5.35. The maximum Gasteiger partial charge on any atom is 0.0963 e. The summed E-state index contributed by atoms with van der Waals surface area (Å²) in [7, 11) is 1.79. The van der Waals surface area contributed by atoms with Crippen LogP contribution in [0.5, 0.6) is 0 Å². The molecular weight excluding hydrogens is 202 g/mol. The normalized spacial score (nSPS) is 23.3. The Labute approximate surface area is 98.6 Å². The van der Waals surface area contributed by atoms with Crippen LogP contribution in [0.2, 0.25) is 0 Å². The van der Waals surface area contributed by atoms with Crippen LogP contribution in [-0.4, -0.2) is 43.6 Å². The number of piperidine rings is 1. The topological polar surface area (TPSA) is 62.3 Å². The molecule has 0 aromatic rings. The van der Waals surface area contributed by atoms with E-state index in [0.717, 1.165) is 26.1 Å². The van der Waals surface area contributed by atoms with E-state index in [1.54, 1.807) is 7.11 Å². The highest BCUT2D eigenvalue weighted by Crippen LogP contribution is 2.21. The van der Waals surface area contributed by atoms with E-state index in [0.29, 0.717) is 6.10 Å². The lowest BCUT2D eigenvalue weighted by atomic mass is 9.87. The van der Waals surface area contributed by atoms with Crippen LogP contribution in [0.4, 0.5) is 0 Å². The summed E-state index contributed by atoms with van der Waals surface area (Å²) in [4.78, 5) is 2.42. The molecule has 1 fully saturated rings. The molecule has 1 aliphatic heterocycles. The Kier molecular flexibility index (Phi) is 4.74. The molecule has 0 saturated carbocycles. The van der Waals surface area contributed by atoms with Gasteiger partial charge in [0.05, 0.1) is 11.9 Å². The lowest BCUT2D eigenvalue weighted by molar-refractivity contribution is 0.0290. The van der Waals surface area contributed by atoms with Crippen LogP contribution in [0.3, 0.4) is 0 Å². The van der Waals surface area contributed by atoms with E-state index < -0.39 is 0 Å². The van der Waals surface area contributed by atoms with Gasteiger partial charge in [0.15, 0.2) is 0 Å². The zero-order chi connectivity index (χ0) is 12.2. The summed E-state index contributed by atoms with van der Waals surface area (Å²) in [5.74, 6) is 0.285. The standard InChI is InChI=1S/C12H25N3O/c1-12(2,11(13)14)6-8-15-7-4-5-10(9-15)16-3/h10H,4-9H2,1-3H3,(H3,13,14). The first-order chi connectivity index (χ1) is 7.45. The molecule has 1 heterocycles. The smallest absolute Gasteiger partial charge is 0.0963 e. The average molecular weight is 227 g/mol. The predicted molar refractivity (Wildman–Crippen MR) is 66.8 cm³/mol. The van der Waals surface area contributed by atoms with Crippen molar-refractivity contribution in [1.82, 2.24) is 4.90 Å². The third-order valence-electron chi connectivity index (χ3n) is 3.58. The van der Waals surface area contributed by atoms with Gasteiger partial charge in [0, 0.05) is 19.1 Å². The van der Waals surface area contributed by atoms with Gasteiger partial charge in [-0.1, -0.05) is 13.8 Å². The van der Waals surface area contributed by atoms with E-state index in [2.05, 4.69) is 4.90 Å². The second-order valence-electron chi connectivity index (χ2n) is 5.35. The first-order valence-corrected chi connectivity index (χ1v) is 6.05. The van der Waals surface area contributed by atoms with Gasteiger partial charge in [-0.3, -0.25) is 5.41 Å². The molecule has 1 rings (SSSR count). The first kappa shape index (κ1) is 13.5. The Morgan fingerprint density at radius 1 is 1.56 bits per heavy atom. The van der Waals surface area contributed by atoms with E-state index in [9.17, 15) is 0 Å². The lowest BCUT2D eigenvalue weighted by Gasteiger charge is -2.34. The maximum absolute atomic E-state index is 7.52. The van der Waals surface area contributed by atoms with Gasteiger partial charge >= 0.3 is 0 Å². The molecule has 3 N–H and O–H groups in total. The minimum absolute atomic E-state index is 0.181. The zero-order valence-corrected chi connectivity index (χ0v) is 10.8. The summed E-state index contributed by atoms with van der Waals surface area (Å²) < 4.78 is 5.39. The molecule has 4 nitrogen and oxygen atoms in total. The van der Waals surface area contributed by atoms with Gasteiger partial charge in [-0.15, -0.1) is 0 Å². The minimum atomic E-state index is -0.181. The van der Waals surface area contributed by atoms with Crippen molar-refractivity contribution in [1.29, 1.82) is 5.41 Å². The molecule has 1 aliphatic rings. The molecule has 0 aliphatic carbocycles. The van der Waals surface area contributed by atoms with E-state index in [1.807, 2.05) is 13.8 Å². The third kappa shape index (κ3) is 3.76. The van der Waals surface area contributed by atoms with Crippen molar-refractivity contribution in [3.63, 3.8) is 0 Å². The molecule has 16 heavy (non-hydrogen) atoms. The summed E-state index contributed by atoms with van der Waals surface area (Å²) in [5.41, 5.74) is 5.40. The number of rotatable bonds is 5. The highest BCUT2D eigenvalue weighted by atomic mass is 16.5. The fourth-order valence-corrected chi connectivity index (χ4v) is 1.98. The maximum atomic E-state index is 7.52. The molecule has 4 heteroatoms. The summed E-state index contributed by atoms with van der Waals surface area (Å²) >= 11 is 0. The van der Waals surface area contributed by atoms with E-state index in [4.69, 9.17) is 15.9 Å². The van der Waals surface area contributed by atoms with Gasteiger partial charge < -0.3 is 15.4 Å². The fourth-order valence-electron chi connectivity index (χ4n) is 1.98. The first-order valence-electron chi connectivity index (χ1n) is 6.05. The molecule has 0 amide bonds. The van der Waals surface area contributed by atoms with Gasteiger partial charge in [-0.05, 0) is 32.4 Å². The van der Waals surface area contributed by atoms with Gasteiger partial charge in [-0.2, -0.15) is 0 Å². The van der Waals surface area contributed by atoms with E-state index in [-0.39, 0.29) is 11.3 Å². The van der Waals surface area contributed by atoms with E-state index in [1.165, 1.54) is 12.8 Å². The number of ether oxygens (including phenoxy) is 1. The molecule has 0 radical (unpaired) electrons. The highest BCUT2D eigenvalue weighted by Gasteiger charge is 2.25. The molecule has 0 aromatic carbocycles. The van der Waals surface area contributed by atoms with Crippen LogP contribution in [0.1, 0.15) is 33.1 Å². The largest absolute Gasteiger partial charge is 0.387 e. The Morgan fingerprint density at radius 2 is 2.25 bits per heavy atom. The Bertz CT molecular complexity index is 240. The molecular formula is C12H25N3O. The summed E-state index contributed by atoms with van der Waals surface area (Å²) in [6.07, 6.45) is 3.70. The minimum Gasteiger partial charge on any atom is -0.387 e. The number of hydrogen-bond acceptors (Lipinski definition) is 3. The van der Waals surface area contributed by atoms with Crippen molar-refractivity contribution in [2.45, 2.75) is 39.2 Å². The van der Waals surface area contributed by atoms with Crippen molar-refractivity contribution >= 4 is 5.84 Å². The molecule has 1 saturated heterocycles. The van der Waals surface area contributed by atoms with Crippen molar-refractivity contribution < 1.29 is 4.74 Å². The zero-order valence-electron chi connectivity index (χ0n) is 10.8. The number of nitrogens with zero attached hydrogens (tertiary/aromatic N) is 1. The van der Waals surface area contributed by atoms with Crippen LogP contribution < -0.4 is 5.73 Å². The number of amidine groups is 1. The molecule has 0 spiro atoms. The average Bonchev–Trinajstić information content (AvgIpc) is 2.26. The van der Waals surface area contributed by atoms with Gasteiger partial charge in [-0.25, -0.2) is 0 Å². The van der Waals surface area contributed by atoms with Gasteiger partial charge in [0.25, 0.3) is 0 Å². The third-order valence-corrected chi connectivity index (χ3v) is 3.58. The molecule has 0 aromatic heterocycles. The monoisotopic (exact) mass is 227 g/mol. The molecule has 94 valence electrons. The van der Waals surface area contributed by atoms with Crippen LogP contribution >= 0.6 is 0 Å². The molecule has 1 atom stereocenters. The van der Waals surface area contributed by atoms with Gasteiger partial charge in [0.2, 0.25) is 0 Å². The van der Waals surface area contributed by atoms with Crippen LogP contribution in [0.15, 0.2) is 0 Å². The van der Waals surface area contributed by atoms with Crippen molar-refractivity contribution in [2.75, 3.05) is 26.7 Å². The Morgan fingerprint density at radius 3 is 2.81 bits per heavy atom. The Hall–Kier alpha value is -0.610. The van der Waals surface area contributed by atoms with Crippen LogP contribution in [-0.2, 0) is 4.74 Å². The summed E-state index contributed by atoms with van der Waals surface area (Å²) in [6, 6.07) is 0. The second kappa shape index (κ2) is 5.64. The SMILES string of the molecule is COC1CCCN(CCC(C)(C)C(=N)N)C1. The number of hydrogen-bond donors (Lipinski definition) is 2. The quantitative estimate of drug-likeness (QED) is 0.552. The predicted octanol–water partition coefficient (Wildman–Crippen LogP) is 1.45. The highest BCUT2D eigenvalue weighted by molar-refractivity contribution is 5.82. The van der Waals surface area contributed by atoms with Crippen LogP contribution in [0.25, 0.3) is 0 Å². The molecule has 0 bridgehead atoms. The van der Waals surface area contributed by atoms with Crippen molar-refractivity contribution in [2.24, 2.45) is 11.1 Å². The fraction of sp³-hybridized carbons (Fsp3) is 0.917.